The molecule has 16 rings (SSSR count). The van der Waals surface area contributed by atoms with E-state index in [9.17, 15) is 4.39 Å². The summed E-state index contributed by atoms with van der Waals surface area (Å²) < 4.78 is 20.2. The van der Waals surface area contributed by atoms with E-state index in [1.54, 1.807) is 60.6 Å². The van der Waals surface area contributed by atoms with Crippen LogP contribution in [0.4, 0.5) is 38.9 Å². The van der Waals surface area contributed by atoms with Gasteiger partial charge in [0.2, 0.25) is 0 Å². The highest BCUT2D eigenvalue weighted by atomic mass is 32.1. The van der Waals surface area contributed by atoms with Crippen molar-refractivity contribution < 1.29 is 8.81 Å². The van der Waals surface area contributed by atoms with Crippen LogP contribution in [-0.4, -0.2) is 74.8 Å². The lowest BCUT2D eigenvalue weighted by atomic mass is 10.2. The number of H-pyrrole nitrogens is 2. The van der Waals surface area contributed by atoms with Crippen LogP contribution in [0.25, 0.3) is 98.8 Å². The van der Waals surface area contributed by atoms with Gasteiger partial charge in [-0.2, -0.15) is 0 Å². The Balaban J connectivity index is 0.000000108. The van der Waals surface area contributed by atoms with Crippen molar-refractivity contribution >= 4 is 123 Å². The molecule has 3 aromatic carbocycles. The first-order valence-electron chi connectivity index (χ1n) is 25.1. The Bertz CT molecular complexity index is 4700. The predicted molar refractivity (Wildman–Crippen MR) is 310 cm³/mol. The molecule has 1 aliphatic carbocycles. The third-order valence-electron chi connectivity index (χ3n) is 12.9. The molecule has 80 heavy (non-hydrogen) atoms. The second-order valence-electron chi connectivity index (χ2n) is 18.3. The van der Waals surface area contributed by atoms with E-state index >= 15 is 0 Å². The summed E-state index contributed by atoms with van der Waals surface area (Å²) in [4.78, 5) is 65.6. The van der Waals surface area contributed by atoms with Crippen LogP contribution in [0.1, 0.15) is 24.7 Å². The van der Waals surface area contributed by atoms with Crippen molar-refractivity contribution in [1.82, 2.24) is 74.8 Å². The maximum Gasteiger partial charge on any atom is 0.198 e. The summed E-state index contributed by atoms with van der Waals surface area (Å²) >= 11 is 2.96. The molecule has 5 N–H and O–H groups in total. The van der Waals surface area contributed by atoms with Crippen molar-refractivity contribution in [2.45, 2.75) is 18.8 Å². The van der Waals surface area contributed by atoms with Gasteiger partial charge in [0.15, 0.2) is 45.9 Å². The number of nitrogens with zero attached hydrogens (tertiary/aromatic N) is 13. The van der Waals surface area contributed by atoms with Crippen LogP contribution in [-0.2, 0) is 0 Å². The lowest BCUT2D eigenvalue weighted by Gasteiger charge is -2.10. The Hall–Kier alpha value is -10.6. The molecule has 1 saturated carbocycles. The highest BCUT2D eigenvalue weighted by molar-refractivity contribution is 7.13. The highest BCUT2D eigenvalue weighted by Crippen LogP contribution is 2.41. The Labute approximate surface area is 459 Å². The van der Waals surface area contributed by atoms with Gasteiger partial charge in [-0.3, -0.25) is 15.0 Å². The average molecular weight is 1090 g/mol. The van der Waals surface area contributed by atoms with Gasteiger partial charge in [0.05, 0.1) is 42.5 Å². The van der Waals surface area contributed by atoms with E-state index in [0.29, 0.717) is 63.2 Å². The van der Waals surface area contributed by atoms with Crippen molar-refractivity contribution in [3.8, 4) is 32.8 Å². The van der Waals surface area contributed by atoms with Crippen LogP contribution in [0.5, 0.6) is 0 Å². The van der Waals surface area contributed by atoms with Crippen LogP contribution in [0.3, 0.4) is 0 Å². The maximum atomic E-state index is 14.3. The van der Waals surface area contributed by atoms with E-state index in [0.717, 1.165) is 94.8 Å². The van der Waals surface area contributed by atoms with E-state index in [4.69, 9.17) is 14.4 Å². The molecular formula is C58H39FN18OS2. The number of hydrogen-bond acceptors (Lipinski definition) is 19. The van der Waals surface area contributed by atoms with Gasteiger partial charge >= 0.3 is 0 Å². The van der Waals surface area contributed by atoms with Gasteiger partial charge in [0.1, 0.15) is 28.8 Å². The minimum absolute atomic E-state index is 0.325. The minimum atomic E-state index is -0.325. The maximum absolute atomic E-state index is 14.3. The number of benzene rings is 3. The molecule has 0 bridgehead atoms. The van der Waals surface area contributed by atoms with Crippen molar-refractivity contribution in [2.24, 2.45) is 0 Å². The third-order valence-corrected chi connectivity index (χ3v) is 14.5. The smallest absolute Gasteiger partial charge is 0.198 e. The topological polar surface area (TPSA) is 248 Å². The molecule has 0 saturated heterocycles. The molecular weight excluding hydrogens is 1050 g/mol. The van der Waals surface area contributed by atoms with Crippen LogP contribution in [0, 0.1) is 5.82 Å². The fourth-order valence-corrected chi connectivity index (χ4v) is 10.0. The fraction of sp³-hybridized carbons (Fsp3) is 0.0517. The average Bonchev–Trinajstić information content (AvgIpc) is 4.27. The quantitative estimate of drug-likeness (QED) is 0.0854. The summed E-state index contributed by atoms with van der Waals surface area (Å²) in [5.74, 6) is 4.75. The molecule has 15 aromatic rings. The van der Waals surface area contributed by atoms with Gasteiger partial charge in [-0.1, -0.05) is 0 Å². The zero-order chi connectivity index (χ0) is 53.4. The van der Waals surface area contributed by atoms with Crippen LogP contribution < -0.4 is 16.0 Å². The number of anilines is 6. The molecule has 0 aliphatic heterocycles. The zero-order valence-corrected chi connectivity index (χ0v) is 43.3. The van der Waals surface area contributed by atoms with Gasteiger partial charge in [-0.15, -0.1) is 22.7 Å². The van der Waals surface area contributed by atoms with Crippen LogP contribution in [0.2, 0.25) is 0 Å². The number of thiazole rings is 2. The molecule has 0 spiro atoms. The van der Waals surface area contributed by atoms with Crippen molar-refractivity contribution in [3.05, 3.63) is 188 Å². The summed E-state index contributed by atoms with van der Waals surface area (Å²) in [6.45, 7) is 0. The van der Waals surface area contributed by atoms with Crippen molar-refractivity contribution in [3.63, 3.8) is 0 Å². The van der Waals surface area contributed by atoms with Crippen molar-refractivity contribution in [2.75, 3.05) is 16.0 Å². The van der Waals surface area contributed by atoms with E-state index in [1.165, 1.54) is 28.7 Å². The standard InChI is InChI=1S/C22H16N6O.C18H11FN6S.C18H12N6S/c1-2-16-20(24-9-1)27-19(13-7-10-23-11-8-13)28-21(16)25-15-5-6-17-18(12-15)29-22(26-17)14-3-4-14;19-13-7-11(6-10-3-5-21-15(10)13)23-17-12-2-1-4-22-16(12)24-18(25-17)14-8-20-9-26-14;1-2-13-16(21-6-1)23-18(15-9-19-10-25-15)24-17(13)22-12-3-4-14-11(8-12)5-7-20-14/h1-2,5-12,14H,3-4H2,(H,24,25,27,28);1-9,21H,(H,22,23,24,25);1-10,20H,(H,21,22,23,24). The van der Waals surface area contributed by atoms with Gasteiger partial charge in [0, 0.05) is 107 Å². The Morgan fingerprint density at radius 2 is 1.07 bits per heavy atom. The Morgan fingerprint density at radius 1 is 0.512 bits per heavy atom. The lowest BCUT2D eigenvalue weighted by Crippen LogP contribution is -2.00. The molecule has 22 heteroatoms. The second-order valence-corrected chi connectivity index (χ2v) is 20.1. The number of halogens is 1. The lowest BCUT2D eigenvalue weighted by molar-refractivity contribution is 0.533. The molecule has 19 nitrogen and oxygen atoms in total. The first kappa shape index (κ1) is 47.8. The summed E-state index contributed by atoms with van der Waals surface area (Å²) in [7, 11) is 0. The summed E-state index contributed by atoms with van der Waals surface area (Å²) in [6.07, 6.45) is 18.1. The first-order valence-corrected chi connectivity index (χ1v) is 26.9. The fourth-order valence-electron chi connectivity index (χ4n) is 8.94. The van der Waals surface area contributed by atoms with Gasteiger partial charge in [-0.25, -0.2) is 54.2 Å². The molecule has 0 amide bonds. The molecule has 386 valence electrons. The number of oxazole rings is 1. The molecule has 1 fully saturated rings. The second kappa shape index (κ2) is 20.8. The summed E-state index contributed by atoms with van der Waals surface area (Å²) in [5.41, 5.74) is 11.9. The third kappa shape index (κ3) is 9.89. The molecule has 0 atom stereocenters. The summed E-state index contributed by atoms with van der Waals surface area (Å²) in [6, 6.07) is 34.4. The summed E-state index contributed by atoms with van der Waals surface area (Å²) in [5, 5.41) is 14.4. The molecule has 12 heterocycles. The number of fused-ring (bicyclic) bond motifs is 6. The number of aromatic nitrogens is 15. The Morgan fingerprint density at radius 3 is 1.70 bits per heavy atom. The number of aromatic amines is 2. The number of hydrogen-bond donors (Lipinski definition) is 5. The first-order chi connectivity index (χ1) is 39.5. The van der Waals surface area contributed by atoms with Crippen LogP contribution >= 0.6 is 22.7 Å². The minimum Gasteiger partial charge on any atom is -0.440 e. The number of pyridine rings is 4. The van der Waals surface area contributed by atoms with Gasteiger partial charge in [0.25, 0.3) is 0 Å². The van der Waals surface area contributed by atoms with Gasteiger partial charge < -0.3 is 30.3 Å². The van der Waals surface area contributed by atoms with E-state index < -0.39 is 0 Å². The van der Waals surface area contributed by atoms with E-state index in [-0.39, 0.29) is 5.82 Å². The van der Waals surface area contributed by atoms with E-state index in [1.807, 2.05) is 103 Å². The van der Waals surface area contributed by atoms with Crippen LogP contribution in [0.15, 0.2) is 180 Å². The zero-order valence-electron chi connectivity index (χ0n) is 41.7. The number of rotatable bonds is 10. The molecule has 0 radical (unpaired) electrons. The van der Waals surface area contributed by atoms with E-state index in [2.05, 4.69) is 86.8 Å². The predicted octanol–water partition coefficient (Wildman–Crippen LogP) is 13.7. The highest BCUT2D eigenvalue weighted by Gasteiger charge is 2.29. The Kier molecular flexibility index (Phi) is 12.4. The number of nitrogens with one attached hydrogen (secondary N) is 5. The SMILES string of the molecule is Fc1cc(Nc2nc(-c3cncs3)nc3ncccc23)cc2cc[nH]c12.c1cnc2nc(-c3ccncc3)nc(Nc3ccc4nc(C5CC5)oc4c3)c2c1.c1cnc2nc(-c3cncs3)nc(Nc3ccc4[nH]ccc4c3)c2c1. The molecule has 0 unspecified atom stereocenters. The largest absolute Gasteiger partial charge is 0.440 e. The van der Waals surface area contributed by atoms with Crippen molar-refractivity contribution in [1.29, 1.82) is 0 Å². The monoisotopic (exact) mass is 1090 g/mol. The molecule has 1 aliphatic rings. The normalized spacial score (nSPS) is 12.2. The van der Waals surface area contributed by atoms with Gasteiger partial charge in [-0.05, 0) is 116 Å². The molecule has 12 aromatic heterocycles.